The third kappa shape index (κ3) is 4.64. The molecule has 0 aliphatic carbocycles. The van der Waals surface area contributed by atoms with Crippen LogP contribution in [0.5, 0.6) is 17.2 Å². The quantitative estimate of drug-likeness (QED) is 0.419. The van der Waals surface area contributed by atoms with E-state index in [1.165, 1.54) is 20.4 Å². The van der Waals surface area contributed by atoms with Gasteiger partial charge in [-0.1, -0.05) is 12.1 Å². The number of benzene rings is 2. The Kier molecular flexibility index (Phi) is 6.93. The first-order valence-corrected chi connectivity index (χ1v) is 9.77. The van der Waals surface area contributed by atoms with Crippen LogP contribution in [0.1, 0.15) is 19.4 Å². The minimum absolute atomic E-state index is 0.202. The number of carbonyl (C=O) groups excluding carboxylic acids is 1. The molecule has 0 saturated heterocycles. The molecule has 32 heavy (non-hydrogen) atoms. The molecule has 0 fully saturated rings. The Bertz CT molecular complexity index is 1250. The van der Waals surface area contributed by atoms with E-state index in [1.54, 1.807) is 50.2 Å². The molecule has 0 aliphatic rings. The number of para-hydroxylation sites is 1. The smallest absolute Gasteiger partial charge is 0.349 e. The zero-order valence-corrected chi connectivity index (χ0v) is 18.1. The number of hydrogen-bond acceptors (Lipinski definition) is 8. The molecule has 1 aromatic heterocycles. The number of aromatic amines is 1. The fraction of sp³-hybridized carbons (Fsp3) is 0.273. The number of carbonyl (C=O) groups is 1. The van der Waals surface area contributed by atoms with Gasteiger partial charge in [-0.15, -0.1) is 4.68 Å². The number of H-pyrrole nitrogens is 1. The Labute approximate surface area is 183 Å². The van der Waals surface area contributed by atoms with E-state index < -0.39 is 23.3 Å². The van der Waals surface area contributed by atoms with Crippen molar-refractivity contribution in [2.24, 2.45) is 5.10 Å². The van der Waals surface area contributed by atoms with Crippen LogP contribution in [0.4, 0.5) is 0 Å². The van der Waals surface area contributed by atoms with Gasteiger partial charge in [-0.05, 0) is 38.1 Å². The number of hydrogen-bond donors (Lipinski definition) is 1. The van der Waals surface area contributed by atoms with Gasteiger partial charge in [-0.3, -0.25) is 4.79 Å². The molecule has 10 heteroatoms. The summed E-state index contributed by atoms with van der Waals surface area (Å²) in [6.07, 6.45) is 0.418. The normalized spacial score (nSPS) is 12.0. The van der Waals surface area contributed by atoms with Crippen LogP contribution in [-0.4, -0.2) is 48.8 Å². The maximum atomic E-state index is 12.6. The van der Waals surface area contributed by atoms with E-state index in [1.807, 2.05) is 0 Å². The number of ether oxygens (including phenoxy) is 4. The van der Waals surface area contributed by atoms with E-state index in [9.17, 15) is 14.4 Å². The largest absolute Gasteiger partial charge is 0.493 e. The van der Waals surface area contributed by atoms with Crippen LogP contribution in [0.2, 0.25) is 0 Å². The lowest BCUT2D eigenvalue weighted by Gasteiger charge is -2.18. The summed E-state index contributed by atoms with van der Waals surface area (Å²) in [7, 11) is 2.85. The van der Waals surface area contributed by atoms with Crippen molar-refractivity contribution in [2.45, 2.75) is 20.0 Å². The van der Waals surface area contributed by atoms with Crippen molar-refractivity contribution in [1.29, 1.82) is 0 Å². The molecule has 2 aromatic carbocycles. The summed E-state index contributed by atoms with van der Waals surface area (Å²) in [6.45, 7) is 3.47. The van der Waals surface area contributed by atoms with Crippen LogP contribution in [0.3, 0.4) is 0 Å². The minimum atomic E-state index is -0.896. The van der Waals surface area contributed by atoms with Crippen molar-refractivity contribution in [3.8, 4) is 17.2 Å². The summed E-state index contributed by atoms with van der Waals surface area (Å²) in [5, 5.41) is 4.36. The molecule has 1 N–H and O–H groups in total. The van der Waals surface area contributed by atoms with Gasteiger partial charge in [0.25, 0.3) is 5.56 Å². The molecule has 0 bridgehead atoms. The van der Waals surface area contributed by atoms with Crippen molar-refractivity contribution in [3.05, 3.63) is 62.8 Å². The maximum absolute atomic E-state index is 12.6. The van der Waals surface area contributed by atoms with Crippen LogP contribution in [0, 0.1) is 0 Å². The van der Waals surface area contributed by atoms with Gasteiger partial charge in [-0.25, -0.2) is 9.59 Å². The molecule has 0 radical (unpaired) electrons. The second-order valence-corrected chi connectivity index (χ2v) is 6.60. The standard InChI is InChI=1S/C22H23N3O7/c1-5-31-21(27)13(2)32-19-17(29-3)10-14(11-18(19)30-4)12-23-25-20(26)15-8-6-7-9-16(15)24-22(25)28/h6-13H,5H2,1-4H3,(H,24,28). The number of nitrogens with one attached hydrogen (secondary N) is 1. The zero-order chi connectivity index (χ0) is 23.3. The second kappa shape index (κ2) is 9.82. The molecule has 10 nitrogen and oxygen atoms in total. The molecule has 0 amide bonds. The molecule has 0 aliphatic heterocycles. The monoisotopic (exact) mass is 441 g/mol. The lowest BCUT2D eigenvalue weighted by molar-refractivity contribution is -0.150. The highest BCUT2D eigenvalue weighted by atomic mass is 16.6. The predicted octanol–water partition coefficient (Wildman–Crippen LogP) is 1.92. The summed E-state index contributed by atoms with van der Waals surface area (Å²) < 4.78 is 22.1. The fourth-order valence-corrected chi connectivity index (χ4v) is 2.96. The predicted molar refractivity (Wildman–Crippen MR) is 118 cm³/mol. The molecule has 1 atom stereocenters. The molecule has 0 saturated carbocycles. The summed E-state index contributed by atoms with van der Waals surface area (Å²) in [5.74, 6) is 0.203. The zero-order valence-electron chi connectivity index (χ0n) is 18.1. The Morgan fingerprint density at radius 2 is 1.81 bits per heavy atom. The molecule has 0 spiro atoms. The van der Waals surface area contributed by atoms with Crippen LogP contribution in [0.25, 0.3) is 10.9 Å². The molecular formula is C22H23N3O7. The van der Waals surface area contributed by atoms with Crippen LogP contribution < -0.4 is 25.5 Å². The van der Waals surface area contributed by atoms with Gasteiger partial charge >= 0.3 is 11.7 Å². The number of esters is 1. The summed E-state index contributed by atoms with van der Waals surface area (Å²) >= 11 is 0. The Hall–Kier alpha value is -4.08. The van der Waals surface area contributed by atoms with Gasteiger partial charge < -0.3 is 23.9 Å². The molecule has 168 valence electrons. The van der Waals surface area contributed by atoms with E-state index in [2.05, 4.69) is 10.1 Å². The molecule has 1 unspecified atom stereocenters. The first-order valence-electron chi connectivity index (χ1n) is 9.77. The van der Waals surface area contributed by atoms with E-state index >= 15 is 0 Å². The molecule has 3 aromatic rings. The van der Waals surface area contributed by atoms with E-state index in [0.717, 1.165) is 4.68 Å². The number of nitrogens with zero attached hydrogens (tertiary/aromatic N) is 2. The lowest BCUT2D eigenvalue weighted by atomic mass is 10.2. The van der Waals surface area contributed by atoms with Gasteiger partial charge in [0, 0.05) is 5.56 Å². The van der Waals surface area contributed by atoms with Crippen LogP contribution in [-0.2, 0) is 9.53 Å². The van der Waals surface area contributed by atoms with Gasteiger partial charge in [0.2, 0.25) is 5.75 Å². The average Bonchev–Trinajstić information content (AvgIpc) is 2.79. The van der Waals surface area contributed by atoms with Crippen LogP contribution >= 0.6 is 0 Å². The van der Waals surface area contributed by atoms with Crippen LogP contribution in [0.15, 0.2) is 51.1 Å². The third-order valence-corrected chi connectivity index (χ3v) is 4.50. The third-order valence-electron chi connectivity index (χ3n) is 4.50. The highest BCUT2D eigenvalue weighted by Crippen LogP contribution is 2.39. The molecule has 1 heterocycles. The number of aromatic nitrogens is 2. The first kappa shape index (κ1) is 22.6. The number of fused-ring (bicyclic) bond motifs is 1. The van der Waals surface area contributed by atoms with Crippen molar-refractivity contribution in [1.82, 2.24) is 9.66 Å². The van der Waals surface area contributed by atoms with Gasteiger partial charge in [0.15, 0.2) is 17.6 Å². The van der Waals surface area contributed by atoms with Gasteiger partial charge in [0.1, 0.15) is 0 Å². The fourth-order valence-electron chi connectivity index (χ4n) is 2.96. The van der Waals surface area contributed by atoms with Crippen molar-refractivity contribution >= 4 is 23.1 Å². The highest BCUT2D eigenvalue weighted by Gasteiger charge is 2.22. The minimum Gasteiger partial charge on any atom is -0.493 e. The number of methoxy groups -OCH3 is 2. The molecular weight excluding hydrogens is 418 g/mol. The van der Waals surface area contributed by atoms with Crippen molar-refractivity contribution < 1.29 is 23.7 Å². The lowest BCUT2D eigenvalue weighted by Crippen LogP contribution is -2.32. The SMILES string of the molecule is CCOC(=O)C(C)Oc1c(OC)cc(C=Nn2c(=O)[nH]c3ccccc3c2=O)cc1OC. The van der Waals surface area contributed by atoms with E-state index in [-0.39, 0.29) is 23.9 Å². The Balaban J connectivity index is 1.99. The Morgan fingerprint density at radius 3 is 2.44 bits per heavy atom. The highest BCUT2D eigenvalue weighted by molar-refractivity contribution is 5.83. The average molecular weight is 441 g/mol. The van der Waals surface area contributed by atoms with Gasteiger partial charge in [-0.2, -0.15) is 5.10 Å². The first-order chi connectivity index (χ1) is 15.4. The van der Waals surface area contributed by atoms with Gasteiger partial charge in [0.05, 0.1) is 37.9 Å². The summed E-state index contributed by atoms with van der Waals surface area (Å²) in [4.78, 5) is 39.4. The van der Waals surface area contributed by atoms with Crippen molar-refractivity contribution in [2.75, 3.05) is 20.8 Å². The maximum Gasteiger partial charge on any atom is 0.349 e. The van der Waals surface area contributed by atoms with Crippen molar-refractivity contribution in [3.63, 3.8) is 0 Å². The topological polar surface area (TPSA) is 121 Å². The number of rotatable bonds is 8. The second-order valence-electron chi connectivity index (χ2n) is 6.60. The van der Waals surface area contributed by atoms with E-state index in [0.29, 0.717) is 16.5 Å². The Morgan fingerprint density at radius 1 is 1.16 bits per heavy atom. The molecule has 3 rings (SSSR count). The van der Waals surface area contributed by atoms with E-state index in [4.69, 9.17) is 18.9 Å². The summed E-state index contributed by atoms with van der Waals surface area (Å²) in [5.41, 5.74) is -0.335. The summed E-state index contributed by atoms with van der Waals surface area (Å²) in [6, 6.07) is 9.79.